The third-order valence-electron chi connectivity index (χ3n) is 2.71. The lowest BCUT2D eigenvalue weighted by molar-refractivity contribution is 0.442. The minimum Gasteiger partial charge on any atom is -0.369 e. The van der Waals surface area contributed by atoms with E-state index in [0.717, 1.165) is 29.0 Å². The van der Waals surface area contributed by atoms with E-state index in [4.69, 9.17) is 5.84 Å². The lowest BCUT2D eigenvalue weighted by Gasteiger charge is -2.19. The smallest absolute Gasteiger partial charge is 0.240 e. The van der Waals surface area contributed by atoms with Gasteiger partial charge in [-0.25, -0.2) is 10.8 Å². The van der Waals surface area contributed by atoms with Crippen molar-refractivity contribution >= 4 is 33.3 Å². The average Bonchev–Trinajstić information content (AvgIpc) is 2.77. The van der Waals surface area contributed by atoms with Crippen LogP contribution in [0.25, 0.3) is 10.2 Å². The van der Waals surface area contributed by atoms with Gasteiger partial charge in [0.25, 0.3) is 0 Å². The third kappa shape index (κ3) is 3.33. The zero-order chi connectivity index (χ0) is 14.0. The molecule has 104 valence electrons. The highest BCUT2D eigenvalue weighted by atomic mass is 32.1. The highest BCUT2D eigenvalue weighted by molar-refractivity contribution is 7.18. The van der Waals surface area contributed by atoms with Crippen LogP contribution in [0.3, 0.4) is 0 Å². The van der Waals surface area contributed by atoms with Crippen LogP contribution in [0.2, 0.25) is 0 Å². The molecule has 0 aliphatic carbocycles. The lowest BCUT2D eigenvalue weighted by atomic mass is 9.97. The van der Waals surface area contributed by atoms with Crippen LogP contribution in [0.15, 0.2) is 6.07 Å². The van der Waals surface area contributed by atoms with Gasteiger partial charge in [-0.3, -0.25) is 5.43 Å². The quantitative estimate of drug-likeness (QED) is 0.592. The van der Waals surface area contributed by atoms with Gasteiger partial charge in [0.2, 0.25) is 5.95 Å². The van der Waals surface area contributed by atoms with E-state index in [9.17, 15) is 0 Å². The summed E-state index contributed by atoms with van der Waals surface area (Å²) in [5.41, 5.74) is 2.72. The Morgan fingerprint density at radius 1 is 1.32 bits per heavy atom. The highest BCUT2D eigenvalue weighted by Crippen LogP contribution is 2.30. The maximum absolute atomic E-state index is 5.43. The summed E-state index contributed by atoms with van der Waals surface area (Å²) in [4.78, 5) is 11.1. The first-order valence-electron chi connectivity index (χ1n) is 6.44. The number of hydrogen-bond donors (Lipinski definition) is 3. The summed E-state index contributed by atoms with van der Waals surface area (Å²) in [5.74, 6) is 6.74. The number of nitrogens with zero attached hydrogens (tertiary/aromatic N) is 2. The second kappa shape index (κ2) is 5.30. The minimum atomic E-state index is 0.192. The molecule has 4 N–H and O–H groups in total. The van der Waals surface area contributed by atoms with E-state index < -0.39 is 0 Å². The number of nitrogens with two attached hydrogens (primary N) is 1. The van der Waals surface area contributed by atoms with Crippen LogP contribution in [0.4, 0.5) is 11.8 Å². The molecule has 0 saturated heterocycles. The van der Waals surface area contributed by atoms with E-state index in [2.05, 4.69) is 54.5 Å². The number of rotatable bonds is 4. The summed E-state index contributed by atoms with van der Waals surface area (Å²) in [6, 6.07) is 2.16. The number of hydrazine groups is 1. The van der Waals surface area contributed by atoms with Crippen LogP contribution in [-0.2, 0) is 6.42 Å². The molecule has 6 heteroatoms. The SMILES string of the molecule is CCc1cc2c(NCC(C)(C)C)nc(NN)nc2s1. The van der Waals surface area contributed by atoms with Crippen molar-refractivity contribution in [1.29, 1.82) is 0 Å². The molecule has 5 nitrogen and oxygen atoms in total. The number of nitrogens with one attached hydrogen (secondary N) is 2. The van der Waals surface area contributed by atoms with Crippen molar-refractivity contribution in [3.8, 4) is 0 Å². The molecule has 0 bridgehead atoms. The van der Waals surface area contributed by atoms with Crippen molar-refractivity contribution in [2.75, 3.05) is 17.3 Å². The summed E-state index contributed by atoms with van der Waals surface area (Å²) in [5, 5.41) is 4.47. The molecule has 2 aromatic heterocycles. The Morgan fingerprint density at radius 3 is 2.63 bits per heavy atom. The number of hydrogen-bond acceptors (Lipinski definition) is 6. The van der Waals surface area contributed by atoms with E-state index in [1.807, 2.05) is 0 Å². The molecular weight excluding hydrogens is 258 g/mol. The largest absolute Gasteiger partial charge is 0.369 e. The van der Waals surface area contributed by atoms with Gasteiger partial charge in [0.15, 0.2) is 0 Å². The number of fused-ring (bicyclic) bond motifs is 1. The molecule has 0 amide bonds. The minimum absolute atomic E-state index is 0.192. The van der Waals surface area contributed by atoms with Crippen LogP contribution in [-0.4, -0.2) is 16.5 Å². The van der Waals surface area contributed by atoms with Gasteiger partial charge in [-0.05, 0) is 17.9 Å². The van der Waals surface area contributed by atoms with Gasteiger partial charge in [-0.1, -0.05) is 27.7 Å². The number of aryl methyl sites for hydroxylation is 1. The summed E-state index contributed by atoms with van der Waals surface area (Å²) in [7, 11) is 0. The second-order valence-corrected chi connectivity index (χ2v) is 6.85. The molecule has 0 radical (unpaired) electrons. The maximum atomic E-state index is 5.43. The normalized spacial score (nSPS) is 11.8. The molecule has 19 heavy (non-hydrogen) atoms. The summed E-state index contributed by atoms with van der Waals surface area (Å²) in [6.07, 6.45) is 1.01. The van der Waals surface area contributed by atoms with E-state index in [0.29, 0.717) is 5.95 Å². The van der Waals surface area contributed by atoms with Gasteiger partial charge in [0.1, 0.15) is 10.6 Å². The van der Waals surface area contributed by atoms with Crippen LogP contribution < -0.4 is 16.6 Å². The Kier molecular flexibility index (Phi) is 3.91. The van der Waals surface area contributed by atoms with E-state index in [-0.39, 0.29) is 5.41 Å². The first kappa shape index (κ1) is 14.0. The van der Waals surface area contributed by atoms with Crippen molar-refractivity contribution in [2.45, 2.75) is 34.1 Å². The van der Waals surface area contributed by atoms with Crippen LogP contribution in [0, 0.1) is 5.41 Å². The second-order valence-electron chi connectivity index (χ2n) is 5.74. The molecule has 2 rings (SSSR count). The standard InChI is InChI=1S/C13H21N5S/c1-5-8-6-9-10(15-7-13(2,3)4)16-12(18-14)17-11(9)19-8/h6H,5,7,14H2,1-4H3,(H2,15,16,17,18). The Morgan fingerprint density at radius 2 is 2.05 bits per heavy atom. The fourth-order valence-electron chi connectivity index (χ4n) is 1.69. The molecule has 0 unspecified atom stereocenters. The fraction of sp³-hybridized carbons (Fsp3) is 0.538. The molecule has 0 spiro atoms. The first-order chi connectivity index (χ1) is 8.93. The molecule has 0 aromatic carbocycles. The van der Waals surface area contributed by atoms with Gasteiger partial charge < -0.3 is 5.32 Å². The van der Waals surface area contributed by atoms with Gasteiger partial charge in [-0.2, -0.15) is 4.98 Å². The molecule has 0 aliphatic heterocycles. The summed E-state index contributed by atoms with van der Waals surface area (Å²) >= 11 is 1.69. The third-order valence-corrected chi connectivity index (χ3v) is 3.88. The Balaban J connectivity index is 2.41. The summed E-state index contributed by atoms with van der Waals surface area (Å²) < 4.78 is 0. The maximum Gasteiger partial charge on any atom is 0.240 e. The molecule has 2 heterocycles. The molecule has 0 aliphatic rings. The molecular formula is C13H21N5S. The van der Waals surface area contributed by atoms with Gasteiger partial charge in [-0.15, -0.1) is 11.3 Å². The number of aromatic nitrogens is 2. The van der Waals surface area contributed by atoms with Crippen LogP contribution >= 0.6 is 11.3 Å². The number of nitrogen functional groups attached to an aromatic ring is 1. The zero-order valence-corrected chi connectivity index (χ0v) is 12.7. The molecule has 2 aromatic rings. The van der Waals surface area contributed by atoms with Gasteiger partial charge in [0.05, 0.1) is 5.39 Å². The fourth-order valence-corrected chi connectivity index (χ4v) is 2.66. The lowest BCUT2D eigenvalue weighted by Crippen LogP contribution is -2.20. The predicted molar refractivity (Wildman–Crippen MR) is 82.5 cm³/mol. The van der Waals surface area contributed by atoms with Crippen LogP contribution in [0.5, 0.6) is 0 Å². The van der Waals surface area contributed by atoms with Crippen molar-refractivity contribution in [2.24, 2.45) is 11.3 Å². The Labute approximate surface area is 117 Å². The van der Waals surface area contributed by atoms with Crippen molar-refractivity contribution < 1.29 is 0 Å². The molecule has 0 atom stereocenters. The average molecular weight is 279 g/mol. The van der Waals surface area contributed by atoms with Crippen LogP contribution in [0.1, 0.15) is 32.6 Å². The molecule has 0 fully saturated rings. The van der Waals surface area contributed by atoms with E-state index >= 15 is 0 Å². The van der Waals surface area contributed by atoms with Gasteiger partial charge >= 0.3 is 0 Å². The monoisotopic (exact) mass is 279 g/mol. The predicted octanol–water partition coefficient (Wildman–Crippen LogP) is 3.00. The highest BCUT2D eigenvalue weighted by Gasteiger charge is 2.14. The first-order valence-corrected chi connectivity index (χ1v) is 7.25. The summed E-state index contributed by atoms with van der Waals surface area (Å²) in [6.45, 7) is 9.55. The topological polar surface area (TPSA) is 75.9 Å². The van der Waals surface area contributed by atoms with E-state index in [1.54, 1.807) is 11.3 Å². The van der Waals surface area contributed by atoms with Crippen molar-refractivity contribution in [1.82, 2.24) is 9.97 Å². The van der Waals surface area contributed by atoms with Gasteiger partial charge in [0, 0.05) is 11.4 Å². The number of anilines is 2. The van der Waals surface area contributed by atoms with E-state index in [1.165, 1.54) is 4.88 Å². The molecule has 0 saturated carbocycles. The Bertz CT molecular complexity index is 570. The number of thiophene rings is 1. The van der Waals surface area contributed by atoms with Crippen molar-refractivity contribution in [3.05, 3.63) is 10.9 Å². The zero-order valence-electron chi connectivity index (χ0n) is 11.9. The Hall–Kier alpha value is -1.40. The van der Waals surface area contributed by atoms with Crippen molar-refractivity contribution in [3.63, 3.8) is 0 Å².